The second kappa shape index (κ2) is 7.86. The molecule has 2 heterocycles. The Balaban J connectivity index is 2.06. The van der Waals surface area contributed by atoms with E-state index in [4.69, 9.17) is 0 Å². The maximum Gasteiger partial charge on any atom is 0.294 e. The first-order valence-corrected chi connectivity index (χ1v) is 8.81. The molecule has 0 fully saturated rings. The minimum absolute atomic E-state index is 0.206. The van der Waals surface area contributed by atoms with Crippen molar-refractivity contribution in [3.8, 4) is 0 Å². The minimum Gasteiger partial charge on any atom is -0.347 e. The highest BCUT2D eigenvalue weighted by Gasteiger charge is 2.25. The van der Waals surface area contributed by atoms with E-state index in [2.05, 4.69) is 16.9 Å². The molecule has 1 aromatic carbocycles. The molecule has 0 unspecified atom stereocenters. The summed E-state index contributed by atoms with van der Waals surface area (Å²) < 4.78 is 1.66. The lowest BCUT2D eigenvalue weighted by Crippen LogP contribution is -2.32. The molecule has 0 bridgehead atoms. The van der Waals surface area contributed by atoms with Crippen LogP contribution in [-0.4, -0.2) is 34.3 Å². The zero-order valence-electron chi connectivity index (χ0n) is 15.5. The first-order chi connectivity index (χ1) is 13.1. The van der Waals surface area contributed by atoms with Crippen molar-refractivity contribution < 1.29 is 9.59 Å². The molecule has 3 aromatic rings. The van der Waals surface area contributed by atoms with Gasteiger partial charge >= 0.3 is 0 Å². The molecule has 6 nitrogen and oxygen atoms in total. The molecule has 0 aliphatic rings. The Morgan fingerprint density at radius 1 is 1.26 bits per heavy atom. The molecule has 0 aliphatic carbocycles. The normalized spacial score (nSPS) is 10.6. The van der Waals surface area contributed by atoms with Crippen LogP contribution in [0.25, 0.3) is 5.52 Å². The first kappa shape index (κ1) is 18.4. The molecule has 27 heavy (non-hydrogen) atoms. The molecule has 0 saturated carbocycles. The van der Waals surface area contributed by atoms with E-state index < -0.39 is 0 Å². The number of amides is 2. The van der Waals surface area contributed by atoms with Gasteiger partial charge in [0.25, 0.3) is 11.8 Å². The number of benzene rings is 1. The number of anilines is 1. The molecule has 0 saturated heterocycles. The summed E-state index contributed by atoms with van der Waals surface area (Å²) in [5, 5.41) is 2.72. The molecule has 0 radical (unpaired) electrons. The third-order valence-corrected chi connectivity index (χ3v) is 4.24. The van der Waals surface area contributed by atoms with Gasteiger partial charge < -0.3 is 10.2 Å². The van der Waals surface area contributed by atoms with Crippen molar-refractivity contribution in [3.05, 3.63) is 78.4 Å². The van der Waals surface area contributed by atoms with Gasteiger partial charge in [0, 0.05) is 25.0 Å². The second-order valence-corrected chi connectivity index (χ2v) is 6.13. The van der Waals surface area contributed by atoms with Gasteiger partial charge in [-0.05, 0) is 43.7 Å². The van der Waals surface area contributed by atoms with Gasteiger partial charge in [-0.2, -0.15) is 0 Å². The Morgan fingerprint density at radius 3 is 2.78 bits per heavy atom. The van der Waals surface area contributed by atoms with Crippen molar-refractivity contribution in [2.45, 2.75) is 13.8 Å². The van der Waals surface area contributed by atoms with E-state index in [9.17, 15) is 9.59 Å². The fourth-order valence-electron chi connectivity index (χ4n) is 2.96. The highest BCUT2D eigenvalue weighted by molar-refractivity contribution is 6.07. The van der Waals surface area contributed by atoms with Crippen LogP contribution in [0.3, 0.4) is 0 Å². The largest absolute Gasteiger partial charge is 0.347 e. The number of rotatable bonds is 6. The van der Waals surface area contributed by atoms with Crippen molar-refractivity contribution in [3.63, 3.8) is 0 Å². The van der Waals surface area contributed by atoms with E-state index in [1.54, 1.807) is 33.7 Å². The second-order valence-electron chi connectivity index (χ2n) is 6.13. The Bertz CT molecular complexity index is 1010. The van der Waals surface area contributed by atoms with E-state index in [1.807, 2.05) is 44.2 Å². The van der Waals surface area contributed by atoms with Crippen molar-refractivity contribution in [1.29, 1.82) is 0 Å². The van der Waals surface area contributed by atoms with E-state index in [1.165, 1.54) is 0 Å². The van der Waals surface area contributed by atoms with Gasteiger partial charge in [0.1, 0.15) is 0 Å². The summed E-state index contributed by atoms with van der Waals surface area (Å²) in [4.78, 5) is 31.7. The van der Waals surface area contributed by atoms with Gasteiger partial charge in [-0.25, -0.2) is 4.98 Å². The monoisotopic (exact) mass is 362 g/mol. The molecule has 2 amide bonds. The Hall–Kier alpha value is -3.41. The highest BCUT2D eigenvalue weighted by Crippen LogP contribution is 2.20. The van der Waals surface area contributed by atoms with Gasteiger partial charge in [0.05, 0.1) is 5.52 Å². The Morgan fingerprint density at radius 2 is 2.07 bits per heavy atom. The number of fused-ring (bicyclic) bond motifs is 1. The van der Waals surface area contributed by atoms with Gasteiger partial charge in [-0.15, -0.1) is 6.58 Å². The summed E-state index contributed by atoms with van der Waals surface area (Å²) in [7, 11) is 0. The maximum atomic E-state index is 13.2. The van der Waals surface area contributed by atoms with E-state index in [-0.39, 0.29) is 23.3 Å². The number of hydrogen-bond acceptors (Lipinski definition) is 3. The lowest BCUT2D eigenvalue weighted by atomic mass is 10.2. The van der Waals surface area contributed by atoms with Crippen LogP contribution < -0.4 is 10.2 Å². The molecule has 0 aliphatic heterocycles. The molecular weight excluding hydrogens is 340 g/mol. The van der Waals surface area contributed by atoms with Gasteiger partial charge in [-0.1, -0.05) is 24.3 Å². The highest BCUT2D eigenvalue weighted by atomic mass is 16.2. The fourth-order valence-corrected chi connectivity index (χ4v) is 2.96. The van der Waals surface area contributed by atoms with Crippen LogP contribution in [0.5, 0.6) is 0 Å². The van der Waals surface area contributed by atoms with Gasteiger partial charge in [0.2, 0.25) is 5.82 Å². The summed E-state index contributed by atoms with van der Waals surface area (Å²) in [5.74, 6) is -0.388. The predicted octanol–water partition coefficient (Wildman–Crippen LogP) is 3.23. The number of carbonyl (C=O) groups is 2. The topological polar surface area (TPSA) is 66.7 Å². The summed E-state index contributed by atoms with van der Waals surface area (Å²) in [6.07, 6.45) is 3.34. The number of nitrogens with one attached hydrogen (secondary N) is 1. The number of aryl methyl sites for hydroxylation is 1. The molecule has 3 rings (SSSR count). The number of imidazole rings is 1. The zero-order chi connectivity index (χ0) is 19.4. The Kier molecular flexibility index (Phi) is 5.35. The number of nitrogens with zero attached hydrogens (tertiary/aromatic N) is 3. The molecule has 1 N–H and O–H groups in total. The number of aromatic nitrogens is 2. The van der Waals surface area contributed by atoms with Crippen LogP contribution in [0.1, 0.15) is 33.6 Å². The summed E-state index contributed by atoms with van der Waals surface area (Å²) in [5.41, 5.74) is 2.67. The third kappa shape index (κ3) is 3.60. The van der Waals surface area contributed by atoms with Gasteiger partial charge in [-0.3, -0.25) is 14.0 Å². The number of carbonyl (C=O) groups excluding carboxylic acids is 2. The number of hydrogen-bond donors (Lipinski definition) is 1. The number of pyridine rings is 1. The average Bonchev–Trinajstić information content (AvgIpc) is 3.06. The van der Waals surface area contributed by atoms with Crippen molar-refractivity contribution in [2.75, 3.05) is 18.0 Å². The van der Waals surface area contributed by atoms with Crippen molar-refractivity contribution in [1.82, 2.24) is 14.7 Å². The van der Waals surface area contributed by atoms with E-state index in [0.717, 1.165) is 11.3 Å². The minimum atomic E-state index is -0.337. The lowest BCUT2D eigenvalue weighted by molar-refractivity contribution is 0.0955. The first-order valence-electron chi connectivity index (χ1n) is 8.81. The van der Waals surface area contributed by atoms with Crippen LogP contribution in [0.15, 0.2) is 61.3 Å². The summed E-state index contributed by atoms with van der Waals surface area (Å²) >= 11 is 0. The molecule has 0 atom stereocenters. The SMILES string of the molecule is C=CCNC(=O)c1nc(C(=O)N(CC)c2cccc(C)c2)n2ccccc12. The van der Waals surface area contributed by atoms with Crippen molar-refractivity contribution >= 4 is 23.0 Å². The quantitative estimate of drug-likeness (QED) is 0.685. The molecule has 2 aromatic heterocycles. The van der Waals surface area contributed by atoms with Crippen LogP contribution >= 0.6 is 0 Å². The van der Waals surface area contributed by atoms with Crippen molar-refractivity contribution in [2.24, 2.45) is 0 Å². The standard InChI is InChI=1S/C21H22N4O2/c1-4-12-22-20(26)18-17-11-6-7-13-25(17)19(23-18)21(27)24(5-2)16-10-8-9-15(3)14-16/h4,6-11,13-14H,1,5,12H2,2-3H3,(H,22,26). The molecule has 138 valence electrons. The fraction of sp³-hybridized carbons (Fsp3) is 0.190. The Labute approximate surface area is 158 Å². The van der Waals surface area contributed by atoms with Crippen LogP contribution in [0.2, 0.25) is 0 Å². The maximum absolute atomic E-state index is 13.2. The lowest BCUT2D eigenvalue weighted by Gasteiger charge is -2.20. The van der Waals surface area contributed by atoms with Crippen LogP contribution in [0.4, 0.5) is 5.69 Å². The molecule has 0 spiro atoms. The predicted molar refractivity (Wildman–Crippen MR) is 106 cm³/mol. The van der Waals surface area contributed by atoms with Crippen LogP contribution in [-0.2, 0) is 0 Å². The van der Waals surface area contributed by atoms with Gasteiger partial charge in [0.15, 0.2) is 5.69 Å². The third-order valence-electron chi connectivity index (χ3n) is 4.24. The molecular formula is C21H22N4O2. The average molecular weight is 362 g/mol. The smallest absolute Gasteiger partial charge is 0.294 e. The summed E-state index contributed by atoms with van der Waals surface area (Å²) in [6.45, 7) is 8.31. The zero-order valence-corrected chi connectivity index (χ0v) is 15.5. The molecule has 6 heteroatoms. The van der Waals surface area contributed by atoms with Crippen LogP contribution in [0, 0.1) is 6.92 Å². The van der Waals surface area contributed by atoms with E-state index in [0.29, 0.717) is 18.6 Å². The summed E-state index contributed by atoms with van der Waals surface area (Å²) in [6, 6.07) is 13.1. The van der Waals surface area contributed by atoms with E-state index >= 15 is 0 Å².